The molecule has 2 atom stereocenters. The van der Waals surface area contributed by atoms with E-state index >= 15 is 0 Å². The summed E-state index contributed by atoms with van der Waals surface area (Å²) in [4.78, 5) is 24.6. The number of carbonyl (C=O) groups is 2. The monoisotopic (exact) mass is 1170 g/mol. The van der Waals surface area contributed by atoms with Gasteiger partial charge in [0.1, 0.15) is 0 Å². The Labute approximate surface area is 519 Å². The molecular formula is C77H147NO5. The second-order valence-electron chi connectivity index (χ2n) is 26.0. The predicted molar refractivity (Wildman–Crippen MR) is 366 cm³/mol. The number of aliphatic hydroxyl groups excluding tert-OH is 2. The van der Waals surface area contributed by atoms with Crippen LogP contribution in [0.3, 0.4) is 0 Å². The van der Waals surface area contributed by atoms with Gasteiger partial charge in [-0.1, -0.05) is 378 Å². The Morgan fingerprint density at radius 2 is 0.602 bits per heavy atom. The van der Waals surface area contributed by atoms with Crippen molar-refractivity contribution in [2.75, 3.05) is 13.2 Å². The van der Waals surface area contributed by atoms with Gasteiger partial charge in [-0.3, -0.25) is 9.59 Å². The second-order valence-corrected chi connectivity index (χ2v) is 26.0. The largest absolute Gasteiger partial charge is 0.466 e. The van der Waals surface area contributed by atoms with E-state index in [-0.39, 0.29) is 18.5 Å². The summed E-state index contributed by atoms with van der Waals surface area (Å²) in [5.74, 6) is -0.0485. The summed E-state index contributed by atoms with van der Waals surface area (Å²) >= 11 is 0. The zero-order chi connectivity index (χ0) is 59.9. The van der Waals surface area contributed by atoms with Crippen LogP contribution in [0.25, 0.3) is 0 Å². The Morgan fingerprint density at radius 1 is 0.337 bits per heavy atom. The Balaban J connectivity index is 3.36. The summed E-state index contributed by atoms with van der Waals surface area (Å²) in [5, 5.41) is 23.3. The molecule has 0 aromatic heterocycles. The number of unbranched alkanes of at least 4 members (excludes halogenated alkanes) is 56. The maximum absolute atomic E-state index is 12.5. The topological polar surface area (TPSA) is 95.9 Å². The number of ether oxygens (including phenoxy) is 1. The van der Waals surface area contributed by atoms with Crippen LogP contribution >= 0.6 is 0 Å². The van der Waals surface area contributed by atoms with Crippen LogP contribution in [0.5, 0.6) is 0 Å². The van der Waals surface area contributed by atoms with Gasteiger partial charge in [0.25, 0.3) is 0 Å². The SMILES string of the molecule is CCCCC/C=C\C/C=C\CCCCCCCCCC(=O)OCCCCCCCCCCCCCCCCCCCCCCCCCCCCCCCC(=O)NC(CO)C(O)/C=C/CCCCCCCCCCCCCCCCCCCC. The van der Waals surface area contributed by atoms with Gasteiger partial charge in [-0.05, 0) is 64.2 Å². The molecule has 0 aliphatic rings. The molecule has 1 amide bonds. The van der Waals surface area contributed by atoms with E-state index in [1.807, 2.05) is 6.08 Å². The molecule has 0 bridgehead atoms. The van der Waals surface area contributed by atoms with Gasteiger partial charge in [0.05, 0.1) is 25.4 Å². The lowest BCUT2D eigenvalue weighted by Gasteiger charge is -2.20. The Hall–Kier alpha value is -1.92. The van der Waals surface area contributed by atoms with Gasteiger partial charge in [0, 0.05) is 12.8 Å². The van der Waals surface area contributed by atoms with Gasteiger partial charge < -0.3 is 20.3 Å². The lowest BCUT2D eigenvalue weighted by molar-refractivity contribution is -0.143. The minimum Gasteiger partial charge on any atom is -0.466 e. The molecule has 0 saturated carbocycles. The van der Waals surface area contributed by atoms with E-state index in [9.17, 15) is 19.8 Å². The number of amides is 1. The summed E-state index contributed by atoms with van der Waals surface area (Å²) in [6, 6.07) is -0.626. The standard InChI is InChI=1S/C77H147NO5/c1-3-5-7-9-11-13-15-17-19-21-22-34-38-41-45-49-53-57-61-65-69-75(80)74(73-79)78-76(81)70-66-62-58-54-50-46-42-39-35-32-30-28-26-24-23-25-27-29-31-33-36-40-44-48-52-56-60-64-68-72-83-77(82)71-67-63-59-55-51-47-43-37-20-18-16-14-12-10-8-6-4-2/h12,14,18,20,65,69,74-75,79-80H,3-11,13,15-17,19,21-64,66-68,70-73H2,1-2H3,(H,78,81)/b14-12-,20-18-,69-65+. The molecule has 0 rings (SSSR count). The van der Waals surface area contributed by atoms with Crippen molar-refractivity contribution in [2.24, 2.45) is 0 Å². The Bertz CT molecular complexity index is 1340. The molecule has 0 heterocycles. The molecule has 83 heavy (non-hydrogen) atoms. The van der Waals surface area contributed by atoms with Crippen LogP contribution < -0.4 is 5.32 Å². The quantitative estimate of drug-likeness (QED) is 0.0320. The number of esters is 1. The number of carbonyl (C=O) groups excluding carboxylic acids is 2. The van der Waals surface area contributed by atoms with Gasteiger partial charge in [0.15, 0.2) is 0 Å². The second kappa shape index (κ2) is 72.6. The average molecular weight is 1170 g/mol. The highest BCUT2D eigenvalue weighted by Crippen LogP contribution is 2.19. The smallest absolute Gasteiger partial charge is 0.305 e. The van der Waals surface area contributed by atoms with Gasteiger partial charge in [-0.2, -0.15) is 0 Å². The first-order valence-corrected chi connectivity index (χ1v) is 37.8. The van der Waals surface area contributed by atoms with E-state index in [1.165, 1.54) is 340 Å². The number of rotatable bonds is 71. The van der Waals surface area contributed by atoms with Crippen molar-refractivity contribution < 1.29 is 24.5 Å². The van der Waals surface area contributed by atoms with Crippen molar-refractivity contribution in [1.29, 1.82) is 0 Å². The highest BCUT2D eigenvalue weighted by Gasteiger charge is 2.18. The number of hydrogen-bond donors (Lipinski definition) is 3. The molecule has 490 valence electrons. The van der Waals surface area contributed by atoms with Crippen LogP contribution in [0, 0.1) is 0 Å². The molecule has 0 aliphatic carbocycles. The molecule has 6 nitrogen and oxygen atoms in total. The van der Waals surface area contributed by atoms with E-state index in [4.69, 9.17) is 4.74 Å². The van der Waals surface area contributed by atoms with Crippen molar-refractivity contribution in [2.45, 2.75) is 431 Å². The summed E-state index contributed by atoms with van der Waals surface area (Å²) in [6.45, 7) is 4.92. The van der Waals surface area contributed by atoms with Crippen LogP contribution in [0.1, 0.15) is 418 Å². The molecule has 3 N–H and O–H groups in total. The third kappa shape index (κ3) is 69.1. The maximum Gasteiger partial charge on any atom is 0.305 e. The fourth-order valence-corrected chi connectivity index (χ4v) is 11.9. The molecular weight excluding hydrogens is 1020 g/mol. The summed E-state index contributed by atoms with van der Waals surface area (Å²) in [6.07, 6.45) is 93.9. The summed E-state index contributed by atoms with van der Waals surface area (Å²) < 4.78 is 5.50. The van der Waals surface area contributed by atoms with Gasteiger partial charge in [-0.25, -0.2) is 0 Å². The van der Waals surface area contributed by atoms with Crippen molar-refractivity contribution in [3.05, 3.63) is 36.5 Å². The van der Waals surface area contributed by atoms with E-state index in [2.05, 4.69) is 43.5 Å². The molecule has 0 saturated heterocycles. The lowest BCUT2D eigenvalue weighted by Crippen LogP contribution is -2.45. The maximum atomic E-state index is 12.5. The fraction of sp³-hybridized carbons (Fsp3) is 0.896. The molecule has 6 heteroatoms. The van der Waals surface area contributed by atoms with Gasteiger partial charge >= 0.3 is 5.97 Å². The minimum atomic E-state index is -0.843. The first kappa shape index (κ1) is 81.1. The van der Waals surface area contributed by atoms with Crippen LogP contribution in [0.2, 0.25) is 0 Å². The molecule has 0 aromatic carbocycles. The molecule has 0 aliphatic heterocycles. The Morgan fingerprint density at radius 3 is 0.940 bits per heavy atom. The Kier molecular flexibility index (Phi) is 70.9. The predicted octanol–water partition coefficient (Wildman–Crippen LogP) is 24.7. The number of hydrogen-bond acceptors (Lipinski definition) is 5. The molecule has 0 aromatic rings. The molecule has 2 unspecified atom stereocenters. The number of allylic oxidation sites excluding steroid dienone is 5. The van der Waals surface area contributed by atoms with Crippen LogP contribution in [0.4, 0.5) is 0 Å². The van der Waals surface area contributed by atoms with Crippen LogP contribution in [-0.2, 0) is 14.3 Å². The first-order valence-electron chi connectivity index (χ1n) is 37.8. The van der Waals surface area contributed by atoms with E-state index < -0.39 is 12.1 Å². The van der Waals surface area contributed by atoms with Crippen molar-refractivity contribution in [3.63, 3.8) is 0 Å². The van der Waals surface area contributed by atoms with Crippen molar-refractivity contribution in [3.8, 4) is 0 Å². The third-order valence-corrected chi connectivity index (χ3v) is 17.7. The minimum absolute atomic E-state index is 0.0120. The summed E-state index contributed by atoms with van der Waals surface area (Å²) in [5.41, 5.74) is 0. The number of aliphatic hydroxyl groups is 2. The van der Waals surface area contributed by atoms with E-state index in [0.717, 1.165) is 51.4 Å². The molecule has 0 spiro atoms. The normalized spacial score (nSPS) is 12.7. The van der Waals surface area contributed by atoms with Gasteiger partial charge in [0.2, 0.25) is 5.91 Å². The third-order valence-electron chi connectivity index (χ3n) is 17.7. The zero-order valence-corrected chi connectivity index (χ0v) is 56.2. The average Bonchev–Trinajstić information content (AvgIpc) is 3.48. The highest BCUT2D eigenvalue weighted by molar-refractivity contribution is 5.76. The first-order chi connectivity index (χ1) is 41.0. The summed E-state index contributed by atoms with van der Waals surface area (Å²) in [7, 11) is 0. The zero-order valence-electron chi connectivity index (χ0n) is 56.2. The van der Waals surface area contributed by atoms with Crippen molar-refractivity contribution in [1.82, 2.24) is 5.32 Å². The molecule has 0 fully saturated rings. The van der Waals surface area contributed by atoms with Gasteiger partial charge in [-0.15, -0.1) is 0 Å². The lowest BCUT2D eigenvalue weighted by atomic mass is 10.0. The van der Waals surface area contributed by atoms with Crippen LogP contribution in [-0.4, -0.2) is 47.4 Å². The number of nitrogens with one attached hydrogen (secondary N) is 1. The van der Waals surface area contributed by atoms with E-state index in [1.54, 1.807) is 6.08 Å². The fourth-order valence-electron chi connectivity index (χ4n) is 11.9. The molecule has 0 radical (unpaired) electrons. The van der Waals surface area contributed by atoms with Crippen molar-refractivity contribution >= 4 is 11.9 Å². The van der Waals surface area contributed by atoms with E-state index in [0.29, 0.717) is 19.4 Å². The van der Waals surface area contributed by atoms with Crippen LogP contribution in [0.15, 0.2) is 36.5 Å². The highest BCUT2D eigenvalue weighted by atomic mass is 16.5.